The summed E-state index contributed by atoms with van der Waals surface area (Å²) < 4.78 is 26.4. The summed E-state index contributed by atoms with van der Waals surface area (Å²) in [6, 6.07) is 4.96. The van der Waals surface area contributed by atoms with Gasteiger partial charge in [0.25, 0.3) is 5.91 Å². The number of halogens is 1. The molecule has 1 fully saturated rings. The number of nitrogens with zero attached hydrogens (tertiary/aromatic N) is 3. The van der Waals surface area contributed by atoms with Gasteiger partial charge in [0.05, 0.1) is 42.5 Å². The number of ether oxygens (including phenoxy) is 1. The molecule has 0 bridgehead atoms. The van der Waals surface area contributed by atoms with Gasteiger partial charge < -0.3 is 20.1 Å². The van der Waals surface area contributed by atoms with Crippen molar-refractivity contribution in [2.45, 2.75) is 25.5 Å². The minimum atomic E-state index is -1.27. The molecule has 2 aromatic rings. The Morgan fingerprint density at radius 2 is 2.36 bits per heavy atom. The van der Waals surface area contributed by atoms with E-state index in [0.29, 0.717) is 36.5 Å². The summed E-state index contributed by atoms with van der Waals surface area (Å²) in [5.41, 5.74) is 7.40. The number of hydrogen-bond donors (Lipinski definition) is 2. The molecule has 0 saturated carbocycles. The molecule has 3 N–H and O–H groups in total. The van der Waals surface area contributed by atoms with Gasteiger partial charge in [0.2, 0.25) is 0 Å². The van der Waals surface area contributed by atoms with E-state index < -0.39 is 18.8 Å². The van der Waals surface area contributed by atoms with E-state index in [0.717, 1.165) is 0 Å². The predicted octanol–water partition coefficient (Wildman–Crippen LogP) is 0.0308. The lowest BCUT2D eigenvalue weighted by Crippen LogP contribution is -2.31. The lowest BCUT2D eigenvalue weighted by Gasteiger charge is -2.27. The van der Waals surface area contributed by atoms with Crippen molar-refractivity contribution in [3.63, 3.8) is 0 Å². The molecular formula is C18H18BFN4O4. The molecule has 1 saturated heterocycles. The number of hydrogen-bond acceptors (Lipinski definition) is 6. The standard InChI is InChI=1S/C18H18BFN4O4/c20-14-4-10(3-12-8-28-19(26)17(12)14)5-15-13(18(22)25)7-24(23-15)16-9-27-2-1-11(16)6-21/h3-4,7,11,16,26H,1-2,5,8-9H2,(H2,22,25)/t11-,16?/m1/s1. The van der Waals surface area contributed by atoms with Crippen molar-refractivity contribution < 1.29 is 23.6 Å². The minimum absolute atomic E-state index is 0.113. The van der Waals surface area contributed by atoms with Crippen molar-refractivity contribution in [2.75, 3.05) is 13.2 Å². The van der Waals surface area contributed by atoms with E-state index in [1.165, 1.54) is 12.3 Å². The normalized spacial score (nSPS) is 21.4. The van der Waals surface area contributed by atoms with Gasteiger partial charge in [-0.2, -0.15) is 10.4 Å². The van der Waals surface area contributed by atoms with Gasteiger partial charge in [0.15, 0.2) is 0 Å². The second-order valence-corrected chi connectivity index (χ2v) is 6.99. The molecule has 28 heavy (non-hydrogen) atoms. The number of amides is 1. The van der Waals surface area contributed by atoms with E-state index in [-0.39, 0.29) is 36.0 Å². The van der Waals surface area contributed by atoms with Crippen molar-refractivity contribution in [3.8, 4) is 6.07 Å². The maximum absolute atomic E-state index is 14.3. The molecular weight excluding hydrogens is 366 g/mol. The van der Waals surface area contributed by atoms with Crippen LogP contribution in [0.1, 0.15) is 39.6 Å². The summed E-state index contributed by atoms with van der Waals surface area (Å²) in [6.07, 6.45) is 2.29. The third-order valence-electron chi connectivity index (χ3n) is 5.20. The van der Waals surface area contributed by atoms with Crippen LogP contribution in [0.2, 0.25) is 0 Å². The van der Waals surface area contributed by atoms with Crippen LogP contribution < -0.4 is 11.2 Å². The Hall–Kier alpha value is -2.74. The number of aromatic nitrogens is 2. The lowest BCUT2D eigenvalue weighted by molar-refractivity contribution is 0.0339. The van der Waals surface area contributed by atoms with Crippen molar-refractivity contribution >= 4 is 18.5 Å². The van der Waals surface area contributed by atoms with Gasteiger partial charge in [-0.05, 0) is 23.6 Å². The molecule has 1 amide bonds. The van der Waals surface area contributed by atoms with Gasteiger partial charge in [0, 0.05) is 24.7 Å². The zero-order chi connectivity index (χ0) is 19.8. The number of fused-ring (bicyclic) bond motifs is 1. The highest BCUT2D eigenvalue weighted by Crippen LogP contribution is 2.27. The van der Waals surface area contributed by atoms with Crippen molar-refractivity contribution in [1.29, 1.82) is 5.26 Å². The third kappa shape index (κ3) is 3.28. The smallest absolute Gasteiger partial charge is 0.423 e. The van der Waals surface area contributed by atoms with Crippen LogP contribution in [0, 0.1) is 23.1 Å². The Labute approximate surface area is 160 Å². The molecule has 0 aliphatic carbocycles. The predicted molar refractivity (Wildman–Crippen MR) is 95.9 cm³/mol. The maximum atomic E-state index is 14.3. The molecule has 144 valence electrons. The number of carbonyl (C=O) groups is 1. The Kier molecular flexibility index (Phi) is 4.89. The van der Waals surface area contributed by atoms with Crippen LogP contribution >= 0.6 is 0 Å². The van der Waals surface area contributed by atoms with Crippen LogP contribution in [-0.4, -0.2) is 41.0 Å². The zero-order valence-corrected chi connectivity index (χ0v) is 15.0. The number of rotatable bonds is 4. The number of carbonyl (C=O) groups excluding carboxylic acids is 1. The zero-order valence-electron chi connectivity index (χ0n) is 15.0. The summed E-state index contributed by atoms with van der Waals surface area (Å²) in [7, 11) is -1.27. The summed E-state index contributed by atoms with van der Waals surface area (Å²) in [5.74, 6) is -1.49. The van der Waals surface area contributed by atoms with E-state index in [4.69, 9.17) is 15.1 Å². The third-order valence-corrected chi connectivity index (χ3v) is 5.20. The Morgan fingerprint density at radius 3 is 3.11 bits per heavy atom. The van der Waals surface area contributed by atoms with E-state index in [9.17, 15) is 19.5 Å². The molecule has 2 aliphatic heterocycles. The van der Waals surface area contributed by atoms with Gasteiger partial charge in [-0.1, -0.05) is 6.07 Å². The van der Waals surface area contributed by atoms with E-state index in [1.54, 1.807) is 10.7 Å². The highest BCUT2D eigenvalue weighted by Gasteiger charge is 2.32. The molecule has 0 radical (unpaired) electrons. The van der Waals surface area contributed by atoms with Gasteiger partial charge >= 0.3 is 7.12 Å². The van der Waals surface area contributed by atoms with Gasteiger partial charge in [-0.15, -0.1) is 0 Å². The van der Waals surface area contributed by atoms with Gasteiger partial charge in [-0.3, -0.25) is 9.48 Å². The molecule has 10 heteroatoms. The first-order valence-electron chi connectivity index (χ1n) is 8.94. The molecule has 0 spiro atoms. The maximum Gasteiger partial charge on any atom is 0.494 e. The fourth-order valence-electron chi connectivity index (χ4n) is 3.75. The number of nitriles is 1. The fraction of sp³-hybridized carbons (Fsp3) is 0.389. The number of primary amides is 1. The largest absolute Gasteiger partial charge is 0.494 e. The second-order valence-electron chi connectivity index (χ2n) is 6.99. The molecule has 1 aromatic heterocycles. The van der Waals surface area contributed by atoms with Crippen LogP contribution in [0.15, 0.2) is 18.3 Å². The summed E-state index contributed by atoms with van der Waals surface area (Å²) >= 11 is 0. The first-order valence-corrected chi connectivity index (χ1v) is 8.94. The van der Waals surface area contributed by atoms with Crippen LogP contribution in [0.3, 0.4) is 0 Å². The summed E-state index contributed by atoms with van der Waals surface area (Å²) in [4.78, 5) is 11.9. The lowest BCUT2D eigenvalue weighted by atomic mass is 9.78. The molecule has 3 heterocycles. The first kappa shape index (κ1) is 18.6. The van der Waals surface area contributed by atoms with Gasteiger partial charge in [0.1, 0.15) is 5.82 Å². The first-order chi connectivity index (χ1) is 13.5. The fourth-order valence-corrected chi connectivity index (χ4v) is 3.75. The monoisotopic (exact) mass is 384 g/mol. The van der Waals surface area contributed by atoms with E-state index >= 15 is 0 Å². The van der Waals surface area contributed by atoms with Crippen LogP contribution in [0.25, 0.3) is 0 Å². The SMILES string of the molecule is N#C[C@H]1CCOCC1n1cc(C(N)=O)c(Cc2cc(F)c3c(c2)COB3O)n1. The second kappa shape index (κ2) is 7.35. The molecule has 1 unspecified atom stereocenters. The molecule has 8 nitrogen and oxygen atoms in total. The highest BCUT2D eigenvalue weighted by molar-refractivity contribution is 6.61. The average Bonchev–Trinajstić information content (AvgIpc) is 3.26. The Balaban J connectivity index is 1.67. The number of nitrogens with two attached hydrogens (primary N) is 1. The number of benzene rings is 1. The minimum Gasteiger partial charge on any atom is -0.423 e. The Morgan fingerprint density at radius 1 is 1.54 bits per heavy atom. The van der Waals surface area contributed by atoms with Crippen molar-refractivity contribution in [2.24, 2.45) is 11.7 Å². The van der Waals surface area contributed by atoms with Crippen molar-refractivity contribution in [1.82, 2.24) is 9.78 Å². The quantitative estimate of drug-likeness (QED) is 0.717. The van der Waals surface area contributed by atoms with E-state index in [2.05, 4.69) is 11.2 Å². The van der Waals surface area contributed by atoms with Crippen LogP contribution in [0.5, 0.6) is 0 Å². The molecule has 4 rings (SSSR count). The van der Waals surface area contributed by atoms with E-state index in [1.807, 2.05) is 0 Å². The topological polar surface area (TPSA) is 123 Å². The average molecular weight is 384 g/mol. The van der Waals surface area contributed by atoms with Crippen molar-refractivity contribution in [3.05, 3.63) is 46.5 Å². The molecule has 2 atom stereocenters. The highest BCUT2D eigenvalue weighted by atomic mass is 19.1. The molecule has 1 aromatic carbocycles. The molecule has 2 aliphatic rings. The summed E-state index contributed by atoms with van der Waals surface area (Å²) in [6.45, 7) is 0.940. The Bertz CT molecular complexity index is 973. The van der Waals surface area contributed by atoms with Crippen LogP contribution in [-0.2, 0) is 22.4 Å². The van der Waals surface area contributed by atoms with Crippen LogP contribution in [0.4, 0.5) is 4.39 Å². The van der Waals surface area contributed by atoms with Gasteiger partial charge in [-0.25, -0.2) is 4.39 Å². The summed E-state index contributed by atoms with van der Waals surface area (Å²) in [5, 5.41) is 23.5.